The lowest BCUT2D eigenvalue weighted by atomic mass is 9.92. The van der Waals surface area contributed by atoms with Gasteiger partial charge in [0.25, 0.3) is 5.91 Å². The number of hydrogen-bond donors (Lipinski definition) is 1. The van der Waals surface area contributed by atoms with Gasteiger partial charge in [0.15, 0.2) is 0 Å². The first-order chi connectivity index (χ1) is 10.2. The predicted molar refractivity (Wildman–Crippen MR) is 89.1 cm³/mol. The number of fused-ring (bicyclic) bond motifs is 1. The normalized spacial score (nSPS) is 21.5. The van der Waals surface area contributed by atoms with Crippen LogP contribution in [-0.2, 0) is 0 Å². The lowest BCUT2D eigenvalue weighted by molar-refractivity contribution is 0.0574. The lowest BCUT2D eigenvalue weighted by Crippen LogP contribution is -2.49. The minimum atomic E-state index is 0. The smallest absolute Gasteiger partial charge is 0.254 e. The Morgan fingerprint density at radius 2 is 2.05 bits per heavy atom. The second-order valence-electron chi connectivity index (χ2n) is 5.78. The van der Waals surface area contributed by atoms with Gasteiger partial charge in [-0.2, -0.15) is 0 Å². The van der Waals surface area contributed by atoms with Crippen molar-refractivity contribution in [3.05, 3.63) is 36.2 Å². The maximum atomic E-state index is 12.7. The number of nitrogens with two attached hydrogens (primary N) is 1. The van der Waals surface area contributed by atoms with Crippen molar-refractivity contribution in [1.29, 1.82) is 0 Å². The highest BCUT2D eigenvalue weighted by atomic mass is 35.5. The van der Waals surface area contributed by atoms with E-state index in [1.807, 2.05) is 23.1 Å². The van der Waals surface area contributed by atoms with Crippen LogP contribution in [0.1, 0.15) is 30.1 Å². The second-order valence-corrected chi connectivity index (χ2v) is 5.78. The number of aromatic nitrogens is 2. The van der Waals surface area contributed by atoms with E-state index in [0.29, 0.717) is 18.0 Å². The molecule has 0 radical (unpaired) electrons. The van der Waals surface area contributed by atoms with E-state index in [4.69, 9.17) is 5.73 Å². The van der Waals surface area contributed by atoms with Crippen LogP contribution in [0.25, 0.3) is 11.0 Å². The highest BCUT2D eigenvalue weighted by molar-refractivity contribution is 5.97. The van der Waals surface area contributed by atoms with Gasteiger partial charge in [0, 0.05) is 37.1 Å². The molecule has 1 aromatic heterocycles. The lowest BCUT2D eigenvalue weighted by Gasteiger charge is -2.38. The summed E-state index contributed by atoms with van der Waals surface area (Å²) in [5, 5.41) is 0. The van der Waals surface area contributed by atoms with E-state index in [1.54, 1.807) is 12.4 Å². The number of carbonyl (C=O) groups is 1. The van der Waals surface area contributed by atoms with Crippen molar-refractivity contribution in [2.75, 3.05) is 13.1 Å². The van der Waals surface area contributed by atoms with Crippen molar-refractivity contribution in [3.63, 3.8) is 0 Å². The number of carbonyl (C=O) groups excluding carboxylic acids is 1. The highest BCUT2D eigenvalue weighted by Gasteiger charge is 2.29. The Morgan fingerprint density at radius 3 is 2.77 bits per heavy atom. The number of amides is 1. The zero-order chi connectivity index (χ0) is 14.8. The Balaban J connectivity index is 0.00000176. The van der Waals surface area contributed by atoms with Gasteiger partial charge < -0.3 is 10.6 Å². The minimum absolute atomic E-state index is 0. The summed E-state index contributed by atoms with van der Waals surface area (Å²) in [5.41, 5.74) is 8.06. The third-order valence-electron chi connectivity index (χ3n) is 4.23. The monoisotopic (exact) mass is 320 g/mol. The molecule has 1 fully saturated rings. The van der Waals surface area contributed by atoms with Crippen LogP contribution in [0.3, 0.4) is 0 Å². The summed E-state index contributed by atoms with van der Waals surface area (Å²) >= 11 is 0. The Hall–Kier alpha value is -1.72. The zero-order valence-electron chi connectivity index (χ0n) is 12.6. The zero-order valence-corrected chi connectivity index (χ0v) is 13.4. The molecule has 1 aromatic carbocycles. The van der Waals surface area contributed by atoms with Crippen LogP contribution in [0.15, 0.2) is 30.6 Å². The third kappa shape index (κ3) is 3.20. The maximum absolute atomic E-state index is 12.7. The molecular formula is C16H21ClN4O. The number of halogens is 1. The number of benzene rings is 1. The van der Waals surface area contributed by atoms with Crippen LogP contribution in [0, 0.1) is 5.92 Å². The molecule has 2 atom stereocenters. The number of likely N-dealkylation sites (tertiary alicyclic amines) is 1. The second kappa shape index (κ2) is 7.03. The number of rotatable bonds is 2. The summed E-state index contributed by atoms with van der Waals surface area (Å²) < 4.78 is 0. The number of nitrogens with zero attached hydrogens (tertiary/aromatic N) is 3. The van der Waals surface area contributed by atoms with E-state index in [1.165, 1.54) is 0 Å². The van der Waals surface area contributed by atoms with Crippen LogP contribution >= 0.6 is 12.4 Å². The summed E-state index contributed by atoms with van der Waals surface area (Å²) in [5.74, 6) is 0.676. The van der Waals surface area contributed by atoms with Gasteiger partial charge in [0.2, 0.25) is 0 Å². The van der Waals surface area contributed by atoms with Crippen molar-refractivity contribution < 1.29 is 4.79 Å². The molecule has 2 aromatic rings. The first kappa shape index (κ1) is 16.6. The molecule has 1 saturated heterocycles. The number of piperidine rings is 1. The Bertz CT molecular complexity index is 663. The summed E-state index contributed by atoms with van der Waals surface area (Å²) in [6, 6.07) is 5.62. The van der Waals surface area contributed by atoms with E-state index in [9.17, 15) is 4.79 Å². The fourth-order valence-electron chi connectivity index (χ4n) is 3.00. The average molecular weight is 321 g/mol. The van der Waals surface area contributed by atoms with E-state index in [0.717, 1.165) is 30.4 Å². The van der Waals surface area contributed by atoms with Gasteiger partial charge in [-0.3, -0.25) is 14.8 Å². The Labute approximate surface area is 136 Å². The standard InChI is InChI=1S/C16H20N4O.ClH/c1-11-4-7-20(13(8-11)10-17)16(21)12-2-3-14-15(9-12)19-6-5-18-14;/h2-3,5-6,9,11,13H,4,7-8,10,17H2,1H3;1H. The summed E-state index contributed by atoms with van der Waals surface area (Å²) in [6.07, 6.45) is 5.31. The van der Waals surface area contributed by atoms with E-state index in [-0.39, 0.29) is 24.4 Å². The third-order valence-corrected chi connectivity index (χ3v) is 4.23. The Kier molecular flexibility index (Phi) is 5.32. The first-order valence-corrected chi connectivity index (χ1v) is 7.41. The van der Waals surface area contributed by atoms with Gasteiger partial charge in [-0.25, -0.2) is 0 Å². The topological polar surface area (TPSA) is 72.1 Å². The van der Waals surface area contributed by atoms with Crippen LogP contribution in [0.4, 0.5) is 0 Å². The quantitative estimate of drug-likeness (QED) is 0.921. The van der Waals surface area contributed by atoms with Crippen molar-refractivity contribution in [2.24, 2.45) is 11.7 Å². The molecule has 2 N–H and O–H groups in total. The molecule has 1 aliphatic rings. The molecule has 118 valence electrons. The maximum Gasteiger partial charge on any atom is 0.254 e. The van der Waals surface area contributed by atoms with E-state index >= 15 is 0 Å². The largest absolute Gasteiger partial charge is 0.334 e. The van der Waals surface area contributed by atoms with Gasteiger partial charge in [0.05, 0.1) is 11.0 Å². The summed E-state index contributed by atoms with van der Waals surface area (Å²) in [4.78, 5) is 23.1. The van der Waals surface area contributed by atoms with Crippen LogP contribution < -0.4 is 5.73 Å². The van der Waals surface area contributed by atoms with Crippen LogP contribution in [0.5, 0.6) is 0 Å². The molecule has 22 heavy (non-hydrogen) atoms. The predicted octanol–water partition coefficient (Wildman–Crippen LogP) is 2.25. The molecule has 1 aliphatic heterocycles. The Morgan fingerprint density at radius 1 is 1.32 bits per heavy atom. The molecule has 0 spiro atoms. The summed E-state index contributed by atoms with van der Waals surface area (Å²) in [7, 11) is 0. The molecule has 2 heterocycles. The average Bonchev–Trinajstić information content (AvgIpc) is 2.53. The van der Waals surface area contributed by atoms with Gasteiger partial charge in [0.1, 0.15) is 0 Å². The molecule has 3 rings (SSSR count). The van der Waals surface area contributed by atoms with Crippen molar-refractivity contribution >= 4 is 29.3 Å². The van der Waals surface area contributed by atoms with Crippen LogP contribution in [0.2, 0.25) is 0 Å². The summed E-state index contributed by atoms with van der Waals surface area (Å²) in [6.45, 7) is 3.51. The fraction of sp³-hybridized carbons (Fsp3) is 0.438. The van der Waals surface area contributed by atoms with Gasteiger partial charge in [-0.05, 0) is 37.0 Å². The first-order valence-electron chi connectivity index (χ1n) is 7.41. The molecule has 5 nitrogen and oxygen atoms in total. The number of hydrogen-bond acceptors (Lipinski definition) is 4. The van der Waals surface area contributed by atoms with Crippen molar-refractivity contribution in [2.45, 2.75) is 25.8 Å². The molecular weight excluding hydrogens is 300 g/mol. The molecule has 0 saturated carbocycles. The molecule has 1 amide bonds. The fourth-order valence-corrected chi connectivity index (χ4v) is 3.00. The van der Waals surface area contributed by atoms with Crippen molar-refractivity contribution in [3.8, 4) is 0 Å². The SMILES string of the molecule is CC1CCN(C(=O)c2ccc3nccnc3c2)C(CN)C1.Cl. The molecule has 0 bridgehead atoms. The van der Waals surface area contributed by atoms with Crippen molar-refractivity contribution in [1.82, 2.24) is 14.9 Å². The molecule has 0 aliphatic carbocycles. The van der Waals surface area contributed by atoms with Crippen LogP contribution in [-0.4, -0.2) is 39.9 Å². The van der Waals surface area contributed by atoms with Gasteiger partial charge in [-0.15, -0.1) is 12.4 Å². The highest BCUT2D eigenvalue weighted by Crippen LogP contribution is 2.24. The molecule has 6 heteroatoms. The molecule has 2 unspecified atom stereocenters. The van der Waals surface area contributed by atoms with Gasteiger partial charge in [-0.1, -0.05) is 6.92 Å². The minimum Gasteiger partial charge on any atom is -0.334 e. The van der Waals surface area contributed by atoms with E-state index in [2.05, 4.69) is 16.9 Å². The van der Waals surface area contributed by atoms with E-state index < -0.39 is 0 Å². The van der Waals surface area contributed by atoms with Gasteiger partial charge >= 0.3 is 0 Å².